The van der Waals surface area contributed by atoms with Crippen LogP contribution in [-0.2, 0) is 11.2 Å². The van der Waals surface area contributed by atoms with Crippen molar-refractivity contribution in [2.45, 2.75) is 25.3 Å². The topological polar surface area (TPSA) is 91.2 Å². The van der Waals surface area contributed by atoms with Gasteiger partial charge in [-0.05, 0) is 25.0 Å². The summed E-state index contributed by atoms with van der Waals surface area (Å²) in [6, 6.07) is 4.08. The highest BCUT2D eigenvalue weighted by molar-refractivity contribution is 5.76. The lowest BCUT2D eigenvalue weighted by Gasteiger charge is -2.17. The van der Waals surface area contributed by atoms with Gasteiger partial charge in [0.05, 0.1) is 6.33 Å². The smallest absolute Gasteiger partial charge is 0.223 e. The summed E-state index contributed by atoms with van der Waals surface area (Å²) in [7, 11) is 0. The third-order valence-corrected chi connectivity index (χ3v) is 4.31. The third kappa shape index (κ3) is 3.08. The number of amides is 1. The molecule has 0 radical (unpaired) electrons. The van der Waals surface area contributed by atoms with Gasteiger partial charge in [-0.25, -0.2) is 14.5 Å². The van der Waals surface area contributed by atoms with Gasteiger partial charge < -0.3 is 15.2 Å². The minimum atomic E-state index is 0.187. The van der Waals surface area contributed by atoms with Crippen LogP contribution >= 0.6 is 0 Å². The summed E-state index contributed by atoms with van der Waals surface area (Å²) in [5.74, 6) is 0.990. The Morgan fingerprint density at radius 1 is 1.42 bits per heavy atom. The molecular weight excluding hydrogens is 306 g/mol. The molecule has 1 aliphatic heterocycles. The molecule has 1 amide bonds. The van der Waals surface area contributed by atoms with E-state index < -0.39 is 0 Å². The molecule has 4 rings (SSSR count). The number of aromatic amines is 1. The fourth-order valence-electron chi connectivity index (χ4n) is 3.03. The summed E-state index contributed by atoms with van der Waals surface area (Å²) in [4.78, 5) is 25.4. The van der Waals surface area contributed by atoms with Crippen LogP contribution in [0.15, 0.2) is 37.1 Å². The number of nitrogens with one attached hydrogen (secondary N) is 2. The number of H-pyrrole nitrogens is 1. The molecule has 124 valence electrons. The van der Waals surface area contributed by atoms with Crippen molar-refractivity contribution in [2.24, 2.45) is 0 Å². The second kappa shape index (κ2) is 6.31. The number of hydrogen-bond donors (Lipinski definition) is 2. The average Bonchev–Trinajstić information content (AvgIpc) is 3.33. The Labute approximate surface area is 138 Å². The number of anilines is 1. The molecule has 0 saturated carbocycles. The molecule has 1 aliphatic rings. The first-order valence-electron chi connectivity index (χ1n) is 8.10. The first kappa shape index (κ1) is 14.7. The van der Waals surface area contributed by atoms with Crippen molar-refractivity contribution in [3.63, 3.8) is 0 Å². The van der Waals surface area contributed by atoms with Gasteiger partial charge in [-0.3, -0.25) is 4.79 Å². The quantitative estimate of drug-likeness (QED) is 0.733. The Morgan fingerprint density at radius 2 is 2.38 bits per heavy atom. The zero-order chi connectivity index (χ0) is 16.4. The fourth-order valence-corrected chi connectivity index (χ4v) is 3.03. The van der Waals surface area contributed by atoms with Gasteiger partial charge in [0.1, 0.15) is 5.82 Å². The molecule has 2 N–H and O–H groups in total. The number of hydrogen-bond acceptors (Lipinski definition) is 5. The summed E-state index contributed by atoms with van der Waals surface area (Å²) in [5, 5.41) is 7.87. The maximum atomic E-state index is 12.3. The highest BCUT2D eigenvalue weighted by Crippen LogP contribution is 2.16. The van der Waals surface area contributed by atoms with Crippen LogP contribution in [0, 0.1) is 0 Å². The van der Waals surface area contributed by atoms with E-state index >= 15 is 0 Å². The van der Waals surface area contributed by atoms with Crippen molar-refractivity contribution in [3.05, 3.63) is 42.7 Å². The molecule has 1 unspecified atom stereocenters. The van der Waals surface area contributed by atoms with E-state index in [9.17, 15) is 4.79 Å². The maximum Gasteiger partial charge on any atom is 0.223 e. The Hall–Kier alpha value is -2.90. The molecule has 1 saturated heterocycles. The lowest BCUT2D eigenvalue weighted by Crippen LogP contribution is -2.31. The van der Waals surface area contributed by atoms with Crippen LogP contribution in [0.5, 0.6) is 0 Å². The molecule has 0 aliphatic carbocycles. The number of likely N-dealkylation sites (tertiary alicyclic amines) is 1. The summed E-state index contributed by atoms with van der Waals surface area (Å²) < 4.78 is 1.74. The van der Waals surface area contributed by atoms with E-state index in [2.05, 4.69) is 25.4 Å². The Bertz CT molecular complexity index is 826. The number of fused-ring (bicyclic) bond motifs is 1. The molecule has 24 heavy (non-hydrogen) atoms. The van der Waals surface area contributed by atoms with E-state index in [0.29, 0.717) is 19.4 Å². The molecule has 0 bridgehead atoms. The van der Waals surface area contributed by atoms with Crippen molar-refractivity contribution in [1.82, 2.24) is 29.5 Å². The van der Waals surface area contributed by atoms with E-state index in [1.165, 1.54) is 0 Å². The molecule has 3 aromatic heterocycles. The normalized spacial score (nSPS) is 17.5. The first-order chi connectivity index (χ1) is 11.8. The van der Waals surface area contributed by atoms with Gasteiger partial charge in [0.2, 0.25) is 5.91 Å². The van der Waals surface area contributed by atoms with Crippen molar-refractivity contribution < 1.29 is 4.79 Å². The highest BCUT2D eigenvalue weighted by atomic mass is 16.2. The van der Waals surface area contributed by atoms with E-state index in [1.54, 1.807) is 23.2 Å². The predicted molar refractivity (Wildman–Crippen MR) is 88.5 cm³/mol. The number of aryl methyl sites for hydroxylation is 1. The zero-order valence-electron chi connectivity index (χ0n) is 13.2. The van der Waals surface area contributed by atoms with E-state index in [-0.39, 0.29) is 11.9 Å². The van der Waals surface area contributed by atoms with Crippen LogP contribution in [0.2, 0.25) is 0 Å². The highest BCUT2D eigenvalue weighted by Gasteiger charge is 2.26. The van der Waals surface area contributed by atoms with Gasteiger partial charge in [-0.2, -0.15) is 0 Å². The molecule has 4 heterocycles. The second-order valence-corrected chi connectivity index (χ2v) is 6.00. The van der Waals surface area contributed by atoms with Crippen LogP contribution < -0.4 is 5.32 Å². The summed E-state index contributed by atoms with van der Waals surface area (Å²) in [6.07, 6.45) is 9.08. The lowest BCUT2D eigenvalue weighted by atomic mass is 10.2. The van der Waals surface area contributed by atoms with Gasteiger partial charge in [0, 0.05) is 49.8 Å². The van der Waals surface area contributed by atoms with Crippen LogP contribution in [-0.4, -0.2) is 54.5 Å². The number of rotatable bonds is 5. The Balaban J connectivity index is 1.31. The van der Waals surface area contributed by atoms with E-state index in [0.717, 1.165) is 30.1 Å². The predicted octanol–water partition coefficient (Wildman–Crippen LogP) is 1.10. The molecular formula is C16H19N7O. The summed E-state index contributed by atoms with van der Waals surface area (Å²) in [6.45, 7) is 1.50. The van der Waals surface area contributed by atoms with Gasteiger partial charge in [-0.1, -0.05) is 0 Å². The lowest BCUT2D eigenvalue weighted by molar-refractivity contribution is -0.130. The van der Waals surface area contributed by atoms with E-state index in [4.69, 9.17) is 0 Å². The number of aromatic nitrogens is 5. The molecule has 8 nitrogen and oxygen atoms in total. The third-order valence-electron chi connectivity index (χ3n) is 4.31. The minimum absolute atomic E-state index is 0.187. The van der Waals surface area contributed by atoms with Crippen molar-refractivity contribution in [3.8, 4) is 0 Å². The molecule has 1 atom stereocenters. The standard InChI is InChI=1S/C16H19N7O/c24-16(4-1-12-9-17-11-19-12)22-7-5-13(10-22)20-14-2-3-15-18-6-8-23(15)21-14/h2-3,6,8-9,11,13H,1,4-5,7,10H2,(H,17,19)(H,20,21). The largest absolute Gasteiger partial charge is 0.364 e. The zero-order valence-corrected chi connectivity index (χ0v) is 13.2. The maximum absolute atomic E-state index is 12.3. The van der Waals surface area contributed by atoms with Crippen LogP contribution in [0.25, 0.3) is 5.65 Å². The van der Waals surface area contributed by atoms with Crippen LogP contribution in [0.3, 0.4) is 0 Å². The second-order valence-electron chi connectivity index (χ2n) is 6.00. The summed E-state index contributed by atoms with van der Waals surface area (Å²) in [5.41, 5.74) is 1.82. The van der Waals surface area contributed by atoms with Crippen molar-refractivity contribution in [1.29, 1.82) is 0 Å². The number of carbonyl (C=O) groups excluding carboxylic acids is 1. The van der Waals surface area contributed by atoms with Gasteiger partial charge >= 0.3 is 0 Å². The molecule has 8 heteroatoms. The molecule has 3 aromatic rings. The molecule has 0 aromatic carbocycles. The van der Waals surface area contributed by atoms with Crippen molar-refractivity contribution >= 4 is 17.4 Å². The first-order valence-corrected chi connectivity index (χ1v) is 8.10. The fraction of sp³-hybridized carbons (Fsp3) is 0.375. The van der Waals surface area contributed by atoms with Gasteiger partial charge in [-0.15, -0.1) is 5.10 Å². The van der Waals surface area contributed by atoms with Crippen LogP contribution in [0.1, 0.15) is 18.5 Å². The average molecular weight is 325 g/mol. The van der Waals surface area contributed by atoms with Gasteiger partial charge in [0.15, 0.2) is 5.65 Å². The number of carbonyl (C=O) groups is 1. The SMILES string of the molecule is O=C(CCc1cnc[nH]1)N1CCC(Nc2ccc3nccn3n2)C1. The Kier molecular flexibility index (Phi) is 3.86. The van der Waals surface area contributed by atoms with Gasteiger partial charge in [0.25, 0.3) is 0 Å². The summed E-state index contributed by atoms with van der Waals surface area (Å²) >= 11 is 0. The molecule has 1 fully saturated rings. The minimum Gasteiger partial charge on any atom is -0.364 e. The van der Waals surface area contributed by atoms with Crippen molar-refractivity contribution in [2.75, 3.05) is 18.4 Å². The number of imidazole rings is 2. The Morgan fingerprint density at radius 3 is 3.25 bits per heavy atom. The molecule has 0 spiro atoms. The monoisotopic (exact) mass is 325 g/mol. The van der Waals surface area contributed by atoms with E-state index in [1.807, 2.05) is 23.2 Å². The number of nitrogens with zero attached hydrogens (tertiary/aromatic N) is 5. The van der Waals surface area contributed by atoms with Crippen LogP contribution in [0.4, 0.5) is 5.82 Å².